The molecule has 1 N–H and O–H groups in total. The second-order valence-corrected chi connectivity index (χ2v) is 5.15. The first-order valence-electron chi connectivity index (χ1n) is 5.60. The number of nitrogens with zero attached hydrogens (tertiary/aromatic N) is 5. The molecule has 1 aromatic carbocycles. The first-order valence-corrected chi connectivity index (χ1v) is 6.79. The van der Waals surface area contributed by atoms with Crippen molar-refractivity contribution in [2.75, 3.05) is 0 Å². The Morgan fingerprint density at radius 3 is 2.70 bits per heavy atom. The highest BCUT2D eigenvalue weighted by Gasteiger charge is 2.12. The Kier molecular flexibility index (Phi) is 3.53. The minimum Gasteiger partial charge on any atom is -0.508 e. The van der Waals surface area contributed by atoms with Gasteiger partial charge in [-0.15, -0.1) is 5.10 Å². The van der Waals surface area contributed by atoms with Crippen molar-refractivity contribution in [3.05, 3.63) is 47.6 Å². The molecule has 0 aliphatic rings. The van der Waals surface area contributed by atoms with Crippen LogP contribution in [0.25, 0.3) is 5.69 Å². The van der Waals surface area contributed by atoms with Crippen LogP contribution in [0.5, 0.6) is 5.75 Å². The van der Waals surface area contributed by atoms with Gasteiger partial charge in [-0.2, -0.15) is 4.68 Å². The number of hydrogen-bond acceptors (Lipinski definition) is 6. The molecule has 0 saturated carbocycles. The van der Waals surface area contributed by atoms with E-state index in [9.17, 15) is 5.11 Å². The van der Waals surface area contributed by atoms with Crippen LogP contribution in [-0.2, 0) is 0 Å². The third kappa shape index (κ3) is 2.59. The van der Waals surface area contributed by atoms with E-state index in [4.69, 9.17) is 11.6 Å². The molecule has 0 fully saturated rings. The molecule has 8 heteroatoms. The molecule has 100 valence electrons. The number of pyridine rings is 1. The molecule has 0 aliphatic carbocycles. The highest BCUT2D eigenvalue weighted by molar-refractivity contribution is 7.99. The number of benzene rings is 1. The molecule has 0 amide bonds. The monoisotopic (exact) mass is 305 g/mol. The maximum Gasteiger partial charge on any atom is 0.220 e. The quantitative estimate of drug-likeness (QED) is 0.801. The van der Waals surface area contributed by atoms with Crippen molar-refractivity contribution in [3.8, 4) is 11.4 Å². The zero-order chi connectivity index (χ0) is 13.9. The van der Waals surface area contributed by atoms with Gasteiger partial charge in [0.05, 0.1) is 10.7 Å². The van der Waals surface area contributed by atoms with Crippen LogP contribution in [0.15, 0.2) is 52.8 Å². The van der Waals surface area contributed by atoms with Crippen LogP contribution >= 0.6 is 23.4 Å². The van der Waals surface area contributed by atoms with Crippen LogP contribution in [0, 0.1) is 0 Å². The summed E-state index contributed by atoms with van der Waals surface area (Å²) >= 11 is 7.33. The summed E-state index contributed by atoms with van der Waals surface area (Å²) in [6.45, 7) is 0. The molecule has 2 heterocycles. The minimum absolute atomic E-state index is 0.184. The third-order valence-electron chi connectivity index (χ3n) is 2.45. The number of aromatic nitrogens is 5. The fraction of sp³-hybridized carbons (Fsp3) is 0. The van der Waals surface area contributed by atoms with Crippen molar-refractivity contribution in [2.24, 2.45) is 0 Å². The van der Waals surface area contributed by atoms with Crippen molar-refractivity contribution in [1.82, 2.24) is 25.2 Å². The average Bonchev–Trinajstić information content (AvgIpc) is 2.90. The van der Waals surface area contributed by atoms with Crippen LogP contribution in [-0.4, -0.2) is 30.3 Å². The first-order chi connectivity index (χ1) is 9.74. The molecule has 0 radical (unpaired) electrons. The standard InChI is InChI=1S/C12H8ClN5OS/c13-10-2-1-7-14-11(10)20-12-15-16-17-18(12)8-3-5-9(19)6-4-8/h1-7,19H. The number of halogens is 1. The lowest BCUT2D eigenvalue weighted by molar-refractivity contribution is 0.475. The van der Waals surface area contributed by atoms with Gasteiger partial charge in [0.1, 0.15) is 10.8 Å². The Morgan fingerprint density at radius 1 is 1.15 bits per heavy atom. The smallest absolute Gasteiger partial charge is 0.220 e. The lowest BCUT2D eigenvalue weighted by atomic mass is 10.3. The lowest BCUT2D eigenvalue weighted by Gasteiger charge is -2.04. The number of rotatable bonds is 3. The Morgan fingerprint density at radius 2 is 1.95 bits per heavy atom. The van der Waals surface area contributed by atoms with E-state index < -0.39 is 0 Å². The van der Waals surface area contributed by atoms with Crippen molar-refractivity contribution in [3.63, 3.8) is 0 Å². The van der Waals surface area contributed by atoms with Crippen molar-refractivity contribution >= 4 is 23.4 Å². The van der Waals surface area contributed by atoms with Gasteiger partial charge in [0.25, 0.3) is 0 Å². The van der Waals surface area contributed by atoms with Crippen LogP contribution in [0.1, 0.15) is 0 Å². The Hall–Kier alpha value is -2.12. The Bertz CT molecular complexity index is 731. The fourth-order valence-electron chi connectivity index (χ4n) is 1.53. The molecule has 0 saturated heterocycles. The van der Waals surface area contributed by atoms with Gasteiger partial charge < -0.3 is 5.11 Å². The molecule has 3 aromatic rings. The second-order valence-electron chi connectivity index (χ2n) is 3.78. The first kappa shape index (κ1) is 12.9. The number of aromatic hydroxyl groups is 1. The van der Waals surface area contributed by atoms with E-state index in [1.807, 2.05) is 0 Å². The summed E-state index contributed by atoms with van der Waals surface area (Å²) in [7, 11) is 0. The number of phenolic OH excluding ortho intramolecular Hbond substituents is 1. The highest BCUT2D eigenvalue weighted by atomic mass is 35.5. The summed E-state index contributed by atoms with van der Waals surface area (Å²) in [5, 5.41) is 22.5. The van der Waals surface area contributed by atoms with E-state index in [1.54, 1.807) is 47.3 Å². The van der Waals surface area contributed by atoms with Crippen LogP contribution in [0.4, 0.5) is 0 Å². The van der Waals surface area contributed by atoms with Gasteiger partial charge >= 0.3 is 0 Å². The lowest BCUT2D eigenvalue weighted by Crippen LogP contribution is -1.98. The Labute approximate surface area is 123 Å². The van der Waals surface area contributed by atoms with Crippen LogP contribution in [0.2, 0.25) is 5.02 Å². The summed E-state index contributed by atoms with van der Waals surface area (Å²) in [6.07, 6.45) is 1.66. The largest absolute Gasteiger partial charge is 0.508 e. The van der Waals surface area contributed by atoms with Crippen LogP contribution < -0.4 is 0 Å². The third-order valence-corrected chi connectivity index (χ3v) is 3.82. The predicted octanol–water partition coefficient (Wildman–Crippen LogP) is 2.57. The van der Waals surface area contributed by atoms with Gasteiger partial charge in [0, 0.05) is 6.20 Å². The van der Waals surface area contributed by atoms with Crippen molar-refractivity contribution in [2.45, 2.75) is 10.2 Å². The molecule has 0 spiro atoms. The van der Waals surface area contributed by atoms with Gasteiger partial charge in [-0.05, 0) is 58.6 Å². The Balaban J connectivity index is 1.95. The summed E-state index contributed by atoms with van der Waals surface area (Å²) < 4.78 is 1.55. The van der Waals surface area contributed by atoms with E-state index in [0.717, 1.165) is 5.69 Å². The molecule has 0 unspecified atom stereocenters. The normalized spacial score (nSPS) is 10.7. The van der Waals surface area contributed by atoms with Crippen molar-refractivity contribution in [1.29, 1.82) is 0 Å². The molecule has 20 heavy (non-hydrogen) atoms. The maximum absolute atomic E-state index is 9.30. The molecule has 3 rings (SSSR count). The number of phenols is 1. The predicted molar refractivity (Wildman–Crippen MR) is 74.2 cm³/mol. The average molecular weight is 306 g/mol. The molecule has 2 aromatic heterocycles. The van der Waals surface area contributed by atoms with Crippen LogP contribution in [0.3, 0.4) is 0 Å². The summed E-state index contributed by atoms with van der Waals surface area (Å²) in [5.41, 5.74) is 0.738. The number of hydrogen-bond donors (Lipinski definition) is 1. The zero-order valence-electron chi connectivity index (χ0n) is 10.0. The van der Waals surface area contributed by atoms with E-state index >= 15 is 0 Å². The van der Waals surface area contributed by atoms with Crippen molar-refractivity contribution < 1.29 is 5.11 Å². The van der Waals surface area contributed by atoms with Gasteiger partial charge in [0.2, 0.25) is 5.16 Å². The molecule has 0 bridgehead atoms. The molecular formula is C12H8ClN5OS. The number of tetrazole rings is 1. The van der Waals surface area contributed by atoms with E-state index in [-0.39, 0.29) is 5.75 Å². The fourth-order valence-corrected chi connectivity index (χ4v) is 2.53. The summed E-state index contributed by atoms with van der Waals surface area (Å²) in [6, 6.07) is 10.1. The van der Waals surface area contributed by atoms with Gasteiger partial charge in [-0.3, -0.25) is 0 Å². The van der Waals surface area contributed by atoms with E-state index in [1.165, 1.54) is 11.8 Å². The second kappa shape index (κ2) is 5.48. The topological polar surface area (TPSA) is 76.7 Å². The molecule has 0 atom stereocenters. The SMILES string of the molecule is Oc1ccc(-n2nnnc2Sc2ncccc2Cl)cc1. The molecular weight excluding hydrogens is 298 g/mol. The summed E-state index contributed by atoms with van der Waals surface area (Å²) in [5.74, 6) is 0.184. The van der Waals surface area contributed by atoms with Gasteiger partial charge in [-0.25, -0.2) is 4.98 Å². The minimum atomic E-state index is 0.184. The highest BCUT2D eigenvalue weighted by Crippen LogP contribution is 2.30. The zero-order valence-corrected chi connectivity index (χ0v) is 11.6. The van der Waals surface area contributed by atoms with Gasteiger partial charge in [-0.1, -0.05) is 11.6 Å². The van der Waals surface area contributed by atoms with E-state index in [2.05, 4.69) is 20.5 Å². The molecule has 0 aliphatic heterocycles. The van der Waals surface area contributed by atoms with E-state index in [0.29, 0.717) is 15.2 Å². The maximum atomic E-state index is 9.30. The molecule has 6 nitrogen and oxygen atoms in total. The summed E-state index contributed by atoms with van der Waals surface area (Å²) in [4.78, 5) is 4.18. The van der Waals surface area contributed by atoms with Gasteiger partial charge in [0.15, 0.2) is 0 Å².